The van der Waals surface area contributed by atoms with Crippen LogP contribution in [0.5, 0.6) is 0 Å². The van der Waals surface area contributed by atoms with Crippen molar-refractivity contribution in [1.82, 2.24) is 0 Å². The molecule has 0 N–H and O–H groups in total. The molecular formula is C12H14Cl. The molecule has 1 aromatic rings. The van der Waals surface area contributed by atoms with Gasteiger partial charge in [0.25, 0.3) is 0 Å². The summed E-state index contributed by atoms with van der Waals surface area (Å²) in [7, 11) is 0. The highest BCUT2D eigenvalue weighted by Crippen LogP contribution is 2.44. The maximum Gasteiger partial charge on any atom is 0.0475 e. The van der Waals surface area contributed by atoms with Crippen molar-refractivity contribution >= 4 is 11.6 Å². The number of rotatable bonds is 2. The van der Waals surface area contributed by atoms with Gasteiger partial charge in [-0.1, -0.05) is 36.7 Å². The molecule has 1 aliphatic rings. The van der Waals surface area contributed by atoms with E-state index in [2.05, 4.69) is 32.0 Å². The van der Waals surface area contributed by atoms with Crippen LogP contribution in [0.15, 0.2) is 18.2 Å². The lowest BCUT2D eigenvalue weighted by Gasteiger charge is -2.11. The second-order valence-corrected chi connectivity index (χ2v) is 4.30. The molecule has 0 spiro atoms. The van der Waals surface area contributed by atoms with Crippen molar-refractivity contribution in [3.8, 4) is 0 Å². The first-order chi connectivity index (χ1) is 6.20. The molecule has 69 valence electrons. The Morgan fingerprint density at radius 3 is 2.69 bits per heavy atom. The first-order valence-electron chi connectivity index (χ1n) is 4.81. The van der Waals surface area contributed by atoms with Crippen LogP contribution in [0.4, 0.5) is 0 Å². The summed E-state index contributed by atoms with van der Waals surface area (Å²) in [6, 6.07) is 6.31. The Balaban J connectivity index is 2.41. The highest BCUT2D eigenvalue weighted by Gasteiger charge is 2.26. The van der Waals surface area contributed by atoms with Gasteiger partial charge in [-0.2, -0.15) is 0 Å². The molecule has 0 heterocycles. The highest BCUT2D eigenvalue weighted by atomic mass is 35.5. The summed E-state index contributed by atoms with van der Waals surface area (Å²) >= 11 is 6.30. The van der Waals surface area contributed by atoms with E-state index in [0.29, 0.717) is 0 Å². The van der Waals surface area contributed by atoms with E-state index in [4.69, 9.17) is 11.6 Å². The molecule has 0 aromatic heterocycles. The summed E-state index contributed by atoms with van der Waals surface area (Å²) in [4.78, 5) is 0. The summed E-state index contributed by atoms with van der Waals surface area (Å²) in [5.41, 5.74) is 2.51. The summed E-state index contributed by atoms with van der Waals surface area (Å²) in [6.45, 7) is 6.09. The van der Waals surface area contributed by atoms with Gasteiger partial charge in [-0.15, -0.1) is 0 Å². The molecule has 0 saturated heterocycles. The molecular weight excluding hydrogens is 180 g/mol. The SMILES string of the molecule is [CH2]C(C)c1cccc(C2CC2)c1Cl. The molecule has 0 bridgehead atoms. The van der Waals surface area contributed by atoms with Gasteiger partial charge in [-0.05, 0) is 42.7 Å². The lowest BCUT2D eigenvalue weighted by Crippen LogP contribution is -1.92. The molecule has 1 radical (unpaired) electrons. The first kappa shape index (κ1) is 9.08. The van der Waals surface area contributed by atoms with Gasteiger partial charge in [-0.3, -0.25) is 0 Å². The minimum absolute atomic E-state index is 0.284. The van der Waals surface area contributed by atoms with E-state index in [-0.39, 0.29) is 5.92 Å². The maximum absolute atomic E-state index is 6.30. The Bertz CT molecular complexity index is 291. The maximum atomic E-state index is 6.30. The molecule has 1 aromatic carbocycles. The fourth-order valence-corrected chi connectivity index (χ4v) is 2.13. The summed E-state index contributed by atoms with van der Waals surface area (Å²) in [5.74, 6) is 1.01. The minimum Gasteiger partial charge on any atom is -0.0837 e. The van der Waals surface area contributed by atoms with Crippen LogP contribution in [0.25, 0.3) is 0 Å². The fourth-order valence-electron chi connectivity index (χ4n) is 1.66. The third-order valence-corrected chi connectivity index (χ3v) is 3.04. The number of hydrogen-bond acceptors (Lipinski definition) is 0. The third-order valence-electron chi connectivity index (χ3n) is 2.61. The molecule has 13 heavy (non-hydrogen) atoms. The molecule has 1 atom stereocenters. The van der Waals surface area contributed by atoms with Crippen LogP contribution < -0.4 is 0 Å². The number of benzene rings is 1. The van der Waals surface area contributed by atoms with Crippen LogP contribution in [-0.2, 0) is 0 Å². The van der Waals surface area contributed by atoms with Crippen molar-refractivity contribution in [3.05, 3.63) is 41.3 Å². The minimum atomic E-state index is 0.284. The van der Waals surface area contributed by atoms with Gasteiger partial charge in [0.15, 0.2) is 0 Å². The van der Waals surface area contributed by atoms with Crippen molar-refractivity contribution < 1.29 is 0 Å². The average Bonchev–Trinajstić information content (AvgIpc) is 2.87. The van der Waals surface area contributed by atoms with Crippen molar-refractivity contribution in [2.75, 3.05) is 0 Å². The zero-order valence-electron chi connectivity index (χ0n) is 7.89. The van der Waals surface area contributed by atoms with Crippen LogP contribution in [0.3, 0.4) is 0 Å². The number of hydrogen-bond donors (Lipinski definition) is 0. The van der Waals surface area contributed by atoms with Gasteiger partial charge < -0.3 is 0 Å². The van der Waals surface area contributed by atoms with Crippen LogP contribution in [0, 0.1) is 6.92 Å². The Morgan fingerprint density at radius 2 is 2.15 bits per heavy atom. The second-order valence-electron chi connectivity index (χ2n) is 3.93. The van der Waals surface area contributed by atoms with Crippen molar-refractivity contribution in [3.63, 3.8) is 0 Å². The molecule has 1 fully saturated rings. The molecule has 0 nitrogen and oxygen atoms in total. The molecule has 2 rings (SSSR count). The zero-order chi connectivity index (χ0) is 9.42. The van der Waals surface area contributed by atoms with Gasteiger partial charge in [-0.25, -0.2) is 0 Å². The van der Waals surface area contributed by atoms with Crippen LogP contribution >= 0.6 is 11.6 Å². The predicted molar refractivity (Wildman–Crippen MR) is 57.2 cm³/mol. The van der Waals surface area contributed by atoms with E-state index in [1.165, 1.54) is 24.0 Å². The summed E-state index contributed by atoms with van der Waals surface area (Å²) < 4.78 is 0. The lowest BCUT2D eigenvalue weighted by atomic mass is 9.99. The highest BCUT2D eigenvalue weighted by molar-refractivity contribution is 6.32. The monoisotopic (exact) mass is 193 g/mol. The van der Waals surface area contributed by atoms with Gasteiger partial charge in [0, 0.05) is 5.02 Å². The fraction of sp³-hybridized carbons (Fsp3) is 0.417. The topological polar surface area (TPSA) is 0 Å². The molecule has 1 unspecified atom stereocenters. The predicted octanol–water partition coefficient (Wildman–Crippen LogP) is 4.15. The van der Waals surface area contributed by atoms with E-state index in [9.17, 15) is 0 Å². The van der Waals surface area contributed by atoms with Gasteiger partial charge in [0.05, 0.1) is 0 Å². The molecule has 1 heteroatoms. The average molecular weight is 194 g/mol. The standard InChI is InChI=1S/C12H14Cl/c1-8(2)10-4-3-5-11(12(10)13)9-6-7-9/h3-5,8-9H,1,6-7H2,2H3. The Kier molecular flexibility index (Phi) is 2.33. The Hall–Kier alpha value is -0.490. The van der Waals surface area contributed by atoms with Crippen LogP contribution in [0.2, 0.25) is 5.02 Å². The van der Waals surface area contributed by atoms with Crippen LogP contribution in [0.1, 0.15) is 42.7 Å². The normalized spacial score (nSPS) is 16.6. The Labute approximate surface area is 84.9 Å². The largest absolute Gasteiger partial charge is 0.0837 e. The molecule has 1 saturated carbocycles. The van der Waals surface area contributed by atoms with E-state index in [1.54, 1.807) is 0 Å². The van der Waals surface area contributed by atoms with Gasteiger partial charge in [0.1, 0.15) is 0 Å². The van der Waals surface area contributed by atoms with E-state index >= 15 is 0 Å². The van der Waals surface area contributed by atoms with Crippen molar-refractivity contribution in [2.45, 2.75) is 31.6 Å². The smallest absolute Gasteiger partial charge is 0.0475 e. The first-order valence-corrected chi connectivity index (χ1v) is 5.19. The molecule has 0 aliphatic heterocycles. The van der Waals surface area contributed by atoms with Crippen molar-refractivity contribution in [1.29, 1.82) is 0 Å². The zero-order valence-corrected chi connectivity index (χ0v) is 8.64. The third kappa shape index (κ3) is 1.73. The quantitative estimate of drug-likeness (QED) is 0.662. The number of halogens is 1. The second kappa shape index (κ2) is 3.34. The molecule has 1 aliphatic carbocycles. The van der Waals surface area contributed by atoms with Crippen LogP contribution in [-0.4, -0.2) is 0 Å². The van der Waals surface area contributed by atoms with Crippen molar-refractivity contribution in [2.24, 2.45) is 0 Å². The lowest BCUT2D eigenvalue weighted by molar-refractivity contribution is 0.954. The van der Waals surface area contributed by atoms with Gasteiger partial charge in [0.2, 0.25) is 0 Å². The van der Waals surface area contributed by atoms with Gasteiger partial charge >= 0.3 is 0 Å². The van der Waals surface area contributed by atoms with E-state index < -0.39 is 0 Å². The summed E-state index contributed by atoms with van der Waals surface area (Å²) in [6.07, 6.45) is 2.60. The Morgan fingerprint density at radius 1 is 1.46 bits per heavy atom. The molecule has 0 amide bonds. The van der Waals surface area contributed by atoms with E-state index in [1.807, 2.05) is 0 Å². The van der Waals surface area contributed by atoms with E-state index in [0.717, 1.165) is 10.9 Å². The summed E-state index contributed by atoms with van der Waals surface area (Å²) in [5, 5.41) is 0.951.